The second-order valence-corrected chi connectivity index (χ2v) is 5.85. The molecular formula is C13H17BrN2O2. The molecule has 0 amide bonds. The molecule has 2 rings (SSSR count). The summed E-state index contributed by atoms with van der Waals surface area (Å²) < 4.78 is 0.629. The van der Waals surface area contributed by atoms with Crippen molar-refractivity contribution in [3.8, 4) is 0 Å². The summed E-state index contributed by atoms with van der Waals surface area (Å²) in [5.74, 6) is 0. The van der Waals surface area contributed by atoms with Crippen LogP contribution in [0.25, 0.3) is 0 Å². The first-order chi connectivity index (χ1) is 8.50. The Labute approximate surface area is 115 Å². The van der Waals surface area contributed by atoms with Crippen molar-refractivity contribution < 1.29 is 4.92 Å². The van der Waals surface area contributed by atoms with Gasteiger partial charge in [0.1, 0.15) is 0 Å². The predicted molar refractivity (Wildman–Crippen MR) is 74.7 cm³/mol. The molecule has 98 valence electrons. The van der Waals surface area contributed by atoms with Crippen LogP contribution in [-0.2, 0) is 6.42 Å². The molecule has 4 nitrogen and oxygen atoms in total. The summed E-state index contributed by atoms with van der Waals surface area (Å²) in [7, 11) is 1.97. The molecule has 0 aliphatic heterocycles. The molecule has 1 aromatic carbocycles. The second-order valence-electron chi connectivity index (χ2n) is 5.06. The van der Waals surface area contributed by atoms with Crippen LogP contribution in [0.2, 0.25) is 0 Å². The number of benzene rings is 1. The molecule has 0 heterocycles. The van der Waals surface area contributed by atoms with E-state index in [2.05, 4.69) is 28.2 Å². The Morgan fingerprint density at radius 2 is 2.22 bits per heavy atom. The summed E-state index contributed by atoms with van der Waals surface area (Å²) in [4.78, 5) is 10.6. The van der Waals surface area contributed by atoms with Crippen LogP contribution in [0, 0.1) is 15.5 Å². The molecule has 0 saturated heterocycles. The molecule has 1 aliphatic rings. The van der Waals surface area contributed by atoms with E-state index in [0.29, 0.717) is 10.5 Å². The monoisotopic (exact) mass is 312 g/mol. The van der Waals surface area contributed by atoms with Gasteiger partial charge in [0.05, 0.1) is 9.40 Å². The van der Waals surface area contributed by atoms with Crippen LogP contribution in [0.15, 0.2) is 22.7 Å². The normalized spacial score (nSPS) is 18.4. The van der Waals surface area contributed by atoms with Crippen LogP contribution >= 0.6 is 15.9 Å². The molecule has 0 bridgehead atoms. The third kappa shape index (κ3) is 2.42. The van der Waals surface area contributed by atoms with E-state index in [-0.39, 0.29) is 16.0 Å². The molecule has 18 heavy (non-hydrogen) atoms. The molecule has 1 fully saturated rings. The zero-order valence-electron chi connectivity index (χ0n) is 10.6. The van der Waals surface area contributed by atoms with Crippen molar-refractivity contribution in [2.24, 2.45) is 5.41 Å². The molecule has 1 N–H and O–H groups in total. The maximum atomic E-state index is 10.9. The Bertz CT molecular complexity index is 472. The van der Waals surface area contributed by atoms with Gasteiger partial charge in [0.25, 0.3) is 5.69 Å². The largest absolute Gasteiger partial charge is 0.317 e. The first-order valence-corrected chi connectivity index (χ1v) is 6.88. The lowest BCUT2D eigenvalue weighted by Crippen LogP contribution is -2.33. The highest BCUT2D eigenvalue weighted by Gasteiger charge is 2.47. The van der Waals surface area contributed by atoms with E-state index in [0.717, 1.165) is 12.0 Å². The van der Waals surface area contributed by atoms with Gasteiger partial charge in [-0.1, -0.05) is 12.1 Å². The summed E-state index contributed by atoms with van der Waals surface area (Å²) in [5, 5.41) is 14.2. The lowest BCUT2D eigenvalue weighted by Gasteiger charge is -2.23. The SMILES string of the molecule is CNC(C)C1(Cc2cccc([N+](=O)[O-])c2Br)CC1. The van der Waals surface area contributed by atoms with Crippen molar-refractivity contribution in [3.05, 3.63) is 38.3 Å². The Morgan fingerprint density at radius 3 is 2.72 bits per heavy atom. The minimum Gasteiger partial charge on any atom is -0.317 e. The zero-order chi connectivity index (χ0) is 13.3. The third-order valence-electron chi connectivity index (χ3n) is 4.04. The van der Waals surface area contributed by atoms with Crippen LogP contribution in [0.4, 0.5) is 5.69 Å². The van der Waals surface area contributed by atoms with Gasteiger partial charge in [-0.15, -0.1) is 0 Å². The number of hydrogen-bond donors (Lipinski definition) is 1. The van der Waals surface area contributed by atoms with Crippen molar-refractivity contribution in [2.75, 3.05) is 7.05 Å². The molecule has 5 heteroatoms. The third-order valence-corrected chi connectivity index (χ3v) is 4.96. The first kappa shape index (κ1) is 13.5. The molecule has 1 aliphatic carbocycles. The Morgan fingerprint density at radius 1 is 1.56 bits per heavy atom. The van der Waals surface area contributed by atoms with Gasteiger partial charge in [-0.05, 0) is 60.1 Å². The van der Waals surface area contributed by atoms with Crippen LogP contribution in [0.3, 0.4) is 0 Å². The van der Waals surface area contributed by atoms with Gasteiger partial charge in [-0.3, -0.25) is 10.1 Å². The van der Waals surface area contributed by atoms with E-state index in [1.807, 2.05) is 13.1 Å². The maximum Gasteiger partial charge on any atom is 0.283 e. The van der Waals surface area contributed by atoms with Gasteiger partial charge in [-0.2, -0.15) is 0 Å². The van der Waals surface area contributed by atoms with Crippen molar-refractivity contribution in [2.45, 2.75) is 32.2 Å². The number of nitrogens with one attached hydrogen (secondary N) is 1. The molecule has 1 saturated carbocycles. The average molecular weight is 313 g/mol. The van der Waals surface area contributed by atoms with Gasteiger partial charge in [0.15, 0.2) is 0 Å². The topological polar surface area (TPSA) is 55.2 Å². The first-order valence-electron chi connectivity index (χ1n) is 6.09. The minimum atomic E-state index is -0.339. The summed E-state index contributed by atoms with van der Waals surface area (Å²) in [6.07, 6.45) is 3.26. The fraction of sp³-hybridized carbons (Fsp3) is 0.538. The van der Waals surface area contributed by atoms with Crippen molar-refractivity contribution >= 4 is 21.6 Å². The minimum absolute atomic E-state index is 0.153. The lowest BCUT2D eigenvalue weighted by atomic mass is 9.90. The summed E-state index contributed by atoms with van der Waals surface area (Å²) >= 11 is 3.37. The van der Waals surface area contributed by atoms with Crippen LogP contribution in [0.5, 0.6) is 0 Å². The number of halogens is 1. The van der Waals surface area contributed by atoms with Crippen molar-refractivity contribution in [1.82, 2.24) is 5.32 Å². The molecular weight excluding hydrogens is 296 g/mol. The van der Waals surface area contributed by atoms with Gasteiger partial charge in [0, 0.05) is 12.1 Å². The van der Waals surface area contributed by atoms with E-state index in [1.165, 1.54) is 18.9 Å². The summed E-state index contributed by atoms with van der Waals surface area (Å²) in [6.45, 7) is 2.18. The van der Waals surface area contributed by atoms with Crippen LogP contribution < -0.4 is 5.32 Å². The highest BCUT2D eigenvalue weighted by molar-refractivity contribution is 9.10. The fourth-order valence-corrected chi connectivity index (χ4v) is 3.00. The molecule has 1 atom stereocenters. The Hall–Kier alpha value is -0.940. The van der Waals surface area contributed by atoms with Gasteiger partial charge < -0.3 is 5.32 Å². The average Bonchev–Trinajstić information content (AvgIpc) is 3.11. The number of hydrogen-bond acceptors (Lipinski definition) is 3. The van der Waals surface area contributed by atoms with Crippen molar-refractivity contribution in [3.63, 3.8) is 0 Å². The molecule has 1 aromatic rings. The Balaban J connectivity index is 2.25. The summed E-state index contributed by atoms with van der Waals surface area (Å²) in [6, 6.07) is 5.70. The predicted octanol–water partition coefficient (Wildman–Crippen LogP) is 3.29. The fourth-order valence-electron chi connectivity index (χ4n) is 2.45. The number of nitro benzene ring substituents is 1. The second kappa shape index (κ2) is 4.97. The van der Waals surface area contributed by atoms with E-state index in [9.17, 15) is 10.1 Å². The molecule has 0 aromatic heterocycles. The standard InChI is InChI=1S/C13H17BrN2O2/c1-9(15-2)13(6-7-13)8-10-4-3-5-11(12(10)14)16(17)18/h3-5,9,15H,6-8H2,1-2H3. The van der Waals surface area contributed by atoms with Crippen LogP contribution in [0.1, 0.15) is 25.3 Å². The number of nitro groups is 1. The summed E-state index contributed by atoms with van der Waals surface area (Å²) in [5.41, 5.74) is 1.45. The van der Waals surface area contributed by atoms with E-state index < -0.39 is 0 Å². The molecule has 0 spiro atoms. The van der Waals surface area contributed by atoms with E-state index in [1.54, 1.807) is 6.07 Å². The smallest absolute Gasteiger partial charge is 0.283 e. The Kier molecular flexibility index (Phi) is 3.73. The van der Waals surface area contributed by atoms with E-state index >= 15 is 0 Å². The van der Waals surface area contributed by atoms with Crippen molar-refractivity contribution in [1.29, 1.82) is 0 Å². The number of rotatable bonds is 5. The highest BCUT2D eigenvalue weighted by atomic mass is 79.9. The van der Waals surface area contributed by atoms with E-state index in [4.69, 9.17) is 0 Å². The van der Waals surface area contributed by atoms with Crippen LogP contribution in [-0.4, -0.2) is 18.0 Å². The quantitative estimate of drug-likeness (QED) is 0.670. The van der Waals surface area contributed by atoms with Gasteiger partial charge >= 0.3 is 0 Å². The molecule has 0 radical (unpaired) electrons. The zero-order valence-corrected chi connectivity index (χ0v) is 12.2. The molecule has 1 unspecified atom stereocenters. The lowest BCUT2D eigenvalue weighted by molar-refractivity contribution is -0.385. The highest BCUT2D eigenvalue weighted by Crippen LogP contribution is 2.52. The van der Waals surface area contributed by atoms with Gasteiger partial charge in [-0.25, -0.2) is 0 Å². The maximum absolute atomic E-state index is 10.9. The van der Waals surface area contributed by atoms with Gasteiger partial charge in [0.2, 0.25) is 0 Å². The number of nitrogens with zero attached hydrogens (tertiary/aromatic N) is 1.